The van der Waals surface area contributed by atoms with Gasteiger partial charge >= 0.3 is 0 Å². The Hall–Kier alpha value is -2.17. The number of amides is 1. The molecule has 5 nitrogen and oxygen atoms in total. The highest BCUT2D eigenvalue weighted by atomic mass is 16.1. The fourth-order valence-electron chi connectivity index (χ4n) is 1.34. The zero-order valence-electron chi connectivity index (χ0n) is 9.14. The number of allylic oxidation sites excluding steroid dienone is 1. The lowest BCUT2D eigenvalue weighted by Gasteiger charge is -1.92. The van der Waals surface area contributed by atoms with Gasteiger partial charge < -0.3 is 0 Å². The first-order valence-corrected chi connectivity index (χ1v) is 4.96. The number of fused-ring (bicyclic) bond motifs is 1. The van der Waals surface area contributed by atoms with Crippen LogP contribution in [0.5, 0.6) is 0 Å². The summed E-state index contributed by atoms with van der Waals surface area (Å²) in [7, 11) is 0. The summed E-state index contributed by atoms with van der Waals surface area (Å²) in [5.41, 5.74) is 1.82. The van der Waals surface area contributed by atoms with Crippen LogP contribution in [0.3, 0.4) is 0 Å². The van der Waals surface area contributed by atoms with Crippen LogP contribution in [0, 0.1) is 6.92 Å². The standard InChI is InChI=1S/C11H12N4O/c1-3-4-10(16)13-11-12-9-7-8(2)5-6-15(9)14-11/h3-7H,1-2H3,(H,13,14,16)/b4-3+. The normalized spacial score (nSPS) is 11.1. The van der Waals surface area contributed by atoms with Crippen molar-refractivity contribution >= 4 is 17.5 Å². The maximum absolute atomic E-state index is 11.3. The van der Waals surface area contributed by atoms with Crippen molar-refractivity contribution in [2.45, 2.75) is 13.8 Å². The van der Waals surface area contributed by atoms with Crippen molar-refractivity contribution in [1.82, 2.24) is 14.6 Å². The monoisotopic (exact) mass is 216 g/mol. The van der Waals surface area contributed by atoms with E-state index in [0.29, 0.717) is 5.95 Å². The number of carbonyl (C=O) groups excluding carboxylic acids is 1. The molecule has 0 aliphatic carbocycles. The summed E-state index contributed by atoms with van der Waals surface area (Å²) < 4.78 is 1.62. The largest absolute Gasteiger partial charge is 0.290 e. The Labute approximate surface area is 92.8 Å². The van der Waals surface area contributed by atoms with Crippen molar-refractivity contribution in [3.63, 3.8) is 0 Å². The first-order valence-electron chi connectivity index (χ1n) is 4.96. The third-order valence-electron chi connectivity index (χ3n) is 2.05. The first kappa shape index (κ1) is 10.4. The molecule has 1 N–H and O–H groups in total. The van der Waals surface area contributed by atoms with Gasteiger partial charge in [0.1, 0.15) is 0 Å². The zero-order chi connectivity index (χ0) is 11.5. The number of carbonyl (C=O) groups is 1. The molecule has 0 radical (unpaired) electrons. The number of hydrogen-bond acceptors (Lipinski definition) is 3. The minimum absolute atomic E-state index is 0.227. The molecule has 2 heterocycles. The lowest BCUT2D eigenvalue weighted by atomic mass is 10.3. The van der Waals surface area contributed by atoms with Crippen molar-refractivity contribution < 1.29 is 4.79 Å². The van der Waals surface area contributed by atoms with Crippen LogP contribution in [-0.4, -0.2) is 20.5 Å². The third-order valence-corrected chi connectivity index (χ3v) is 2.05. The van der Waals surface area contributed by atoms with Gasteiger partial charge in [0.2, 0.25) is 11.9 Å². The summed E-state index contributed by atoms with van der Waals surface area (Å²) in [5.74, 6) is 0.0869. The van der Waals surface area contributed by atoms with Crippen molar-refractivity contribution in [2.24, 2.45) is 0 Å². The predicted molar refractivity (Wildman–Crippen MR) is 61.2 cm³/mol. The van der Waals surface area contributed by atoms with Crippen LogP contribution in [0.15, 0.2) is 30.5 Å². The molecule has 2 rings (SSSR count). The van der Waals surface area contributed by atoms with Crippen LogP contribution in [0.4, 0.5) is 5.95 Å². The second kappa shape index (κ2) is 4.14. The number of nitrogens with one attached hydrogen (secondary N) is 1. The molecule has 0 bridgehead atoms. The molecule has 0 aromatic carbocycles. The van der Waals surface area contributed by atoms with E-state index in [1.807, 2.05) is 25.3 Å². The van der Waals surface area contributed by atoms with Gasteiger partial charge in [0, 0.05) is 6.20 Å². The lowest BCUT2D eigenvalue weighted by molar-refractivity contribution is -0.111. The molecule has 0 aliphatic heterocycles. The number of aromatic nitrogens is 3. The quantitative estimate of drug-likeness (QED) is 0.775. The van der Waals surface area contributed by atoms with E-state index in [2.05, 4.69) is 15.4 Å². The van der Waals surface area contributed by atoms with Gasteiger partial charge in [-0.3, -0.25) is 10.1 Å². The number of nitrogens with zero attached hydrogens (tertiary/aromatic N) is 3. The lowest BCUT2D eigenvalue weighted by Crippen LogP contribution is -2.09. The van der Waals surface area contributed by atoms with Crippen molar-refractivity contribution in [2.75, 3.05) is 5.32 Å². The van der Waals surface area contributed by atoms with Gasteiger partial charge in [-0.1, -0.05) is 6.08 Å². The number of pyridine rings is 1. The second-order valence-corrected chi connectivity index (χ2v) is 3.43. The van der Waals surface area contributed by atoms with Gasteiger partial charge in [0.15, 0.2) is 5.65 Å². The van der Waals surface area contributed by atoms with E-state index >= 15 is 0 Å². The number of rotatable bonds is 2. The molecular weight excluding hydrogens is 204 g/mol. The predicted octanol–water partition coefficient (Wildman–Crippen LogP) is 1.55. The topological polar surface area (TPSA) is 59.3 Å². The minimum Gasteiger partial charge on any atom is -0.290 e. The van der Waals surface area contributed by atoms with Gasteiger partial charge in [-0.2, -0.15) is 4.98 Å². The highest BCUT2D eigenvalue weighted by molar-refractivity contribution is 5.98. The molecule has 2 aromatic heterocycles. The van der Waals surface area contributed by atoms with E-state index in [0.717, 1.165) is 11.2 Å². The molecule has 0 spiro atoms. The number of hydrogen-bond donors (Lipinski definition) is 1. The molecule has 0 fully saturated rings. The molecule has 0 aliphatic rings. The van der Waals surface area contributed by atoms with Crippen LogP contribution < -0.4 is 5.32 Å². The van der Waals surface area contributed by atoms with Crippen LogP contribution in [0.2, 0.25) is 0 Å². The van der Waals surface area contributed by atoms with Gasteiger partial charge in [-0.25, -0.2) is 4.52 Å². The van der Waals surface area contributed by atoms with Crippen LogP contribution >= 0.6 is 0 Å². The summed E-state index contributed by atoms with van der Waals surface area (Å²) in [4.78, 5) is 15.5. The molecule has 0 saturated carbocycles. The number of aryl methyl sites for hydroxylation is 1. The molecule has 0 atom stereocenters. The summed E-state index contributed by atoms with van der Waals surface area (Å²) >= 11 is 0. The van der Waals surface area contributed by atoms with Gasteiger partial charge in [-0.05, 0) is 37.6 Å². The second-order valence-electron chi connectivity index (χ2n) is 3.43. The van der Waals surface area contributed by atoms with E-state index in [-0.39, 0.29) is 5.91 Å². The van der Waals surface area contributed by atoms with E-state index < -0.39 is 0 Å². The summed E-state index contributed by atoms with van der Waals surface area (Å²) in [6.07, 6.45) is 4.90. The van der Waals surface area contributed by atoms with Crippen molar-refractivity contribution in [1.29, 1.82) is 0 Å². The Balaban J connectivity index is 2.29. The summed E-state index contributed by atoms with van der Waals surface area (Å²) in [5, 5.41) is 6.70. The highest BCUT2D eigenvalue weighted by Gasteiger charge is 2.05. The Kier molecular flexibility index (Phi) is 2.68. The fraction of sp³-hybridized carbons (Fsp3) is 0.182. The Morgan fingerprint density at radius 2 is 2.38 bits per heavy atom. The Morgan fingerprint density at radius 3 is 3.12 bits per heavy atom. The van der Waals surface area contributed by atoms with E-state index in [1.165, 1.54) is 6.08 Å². The van der Waals surface area contributed by atoms with E-state index in [1.54, 1.807) is 17.5 Å². The average Bonchev–Trinajstić information content (AvgIpc) is 2.59. The van der Waals surface area contributed by atoms with Gasteiger partial charge in [-0.15, -0.1) is 5.10 Å². The molecule has 1 amide bonds. The minimum atomic E-state index is -0.227. The molecule has 0 saturated heterocycles. The SMILES string of the molecule is C/C=C/C(=O)Nc1nc2cc(C)ccn2n1. The first-order chi connectivity index (χ1) is 7.69. The maximum atomic E-state index is 11.3. The number of anilines is 1. The Bertz CT molecular complexity index is 556. The maximum Gasteiger partial charge on any atom is 0.250 e. The van der Waals surface area contributed by atoms with Gasteiger partial charge in [0.05, 0.1) is 0 Å². The molecule has 16 heavy (non-hydrogen) atoms. The zero-order valence-corrected chi connectivity index (χ0v) is 9.14. The van der Waals surface area contributed by atoms with Crippen LogP contribution in [0.1, 0.15) is 12.5 Å². The molecule has 0 unspecified atom stereocenters. The van der Waals surface area contributed by atoms with E-state index in [9.17, 15) is 4.79 Å². The summed E-state index contributed by atoms with van der Waals surface area (Å²) in [6.45, 7) is 3.76. The smallest absolute Gasteiger partial charge is 0.250 e. The van der Waals surface area contributed by atoms with Crippen LogP contribution in [-0.2, 0) is 4.79 Å². The average molecular weight is 216 g/mol. The molecular formula is C11H12N4O. The Morgan fingerprint density at radius 1 is 1.56 bits per heavy atom. The molecule has 5 heteroatoms. The summed E-state index contributed by atoms with van der Waals surface area (Å²) in [6, 6.07) is 3.83. The molecule has 2 aromatic rings. The third kappa shape index (κ3) is 2.08. The van der Waals surface area contributed by atoms with E-state index in [4.69, 9.17) is 0 Å². The van der Waals surface area contributed by atoms with Crippen molar-refractivity contribution in [3.05, 3.63) is 36.0 Å². The van der Waals surface area contributed by atoms with Gasteiger partial charge in [0.25, 0.3) is 0 Å². The van der Waals surface area contributed by atoms with Crippen molar-refractivity contribution in [3.8, 4) is 0 Å². The van der Waals surface area contributed by atoms with Crippen LogP contribution in [0.25, 0.3) is 5.65 Å². The molecule has 82 valence electrons. The fourth-order valence-corrected chi connectivity index (χ4v) is 1.34. The highest BCUT2D eigenvalue weighted by Crippen LogP contribution is 2.07.